The first-order chi connectivity index (χ1) is 8.40. The number of aliphatic hydroxyl groups is 1. The molecule has 0 amide bonds. The summed E-state index contributed by atoms with van der Waals surface area (Å²) in [7, 11) is -2.09. The van der Waals surface area contributed by atoms with Crippen LogP contribution in [0.1, 0.15) is 12.7 Å². The van der Waals surface area contributed by atoms with Gasteiger partial charge in [0.15, 0.2) is 4.67 Å². The average molecular weight is 342 g/mol. The van der Waals surface area contributed by atoms with Gasteiger partial charge in [0.1, 0.15) is 17.3 Å². The zero-order valence-electron chi connectivity index (χ0n) is 10.1. The van der Waals surface area contributed by atoms with Crippen LogP contribution in [-0.2, 0) is 21.4 Å². The Morgan fingerprint density at radius 3 is 2.78 bits per heavy atom. The molecule has 1 rings (SSSR count). The number of furan rings is 1. The van der Waals surface area contributed by atoms with Crippen molar-refractivity contribution in [1.29, 1.82) is 0 Å². The molecule has 104 valence electrons. The summed E-state index contributed by atoms with van der Waals surface area (Å²) in [5.41, 5.74) is 0. The molecule has 0 aliphatic rings. The normalized spacial score (nSPS) is 13.8. The van der Waals surface area contributed by atoms with Crippen molar-refractivity contribution in [1.82, 2.24) is 4.72 Å². The smallest absolute Gasteiger partial charge is 0.244 e. The highest BCUT2D eigenvalue weighted by Gasteiger charge is 2.22. The molecule has 2 N–H and O–H groups in total. The van der Waals surface area contributed by atoms with E-state index in [0.29, 0.717) is 6.61 Å². The maximum absolute atomic E-state index is 12.0. The van der Waals surface area contributed by atoms with E-state index in [0.717, 1.165) is 0 Å². The highest BCUT2D eigenvalue weighted by molar-refractivity contribution is 9.10. The van der Waals surface area contributed by atoms with Crippen molar-refractivity contribution in [2.24, 2.45) is 5.92 Å². The monoisotopic (exact) mass is 341 g/mol. The summed E-state index contributed by atoms with van der Waals surface area (Å²) in [4.78, 5) is -0.0174. The fraction of sp³-hybridized carbons (Fsp3) is 0.600. The molecule has 0 saturated carbocycles. The Labute approximate surface area is 115 Å². The van der Waals surface area contributed by atoms with Crippen molar-refractivity contribution in [3.05, 3.63) is 16.5 Å². The molecule has 0 fully saturated rings. The van der Waals surface area contributed by atoms with Crippen LogP contribution in [-0.4, -0.2) is 33.8 Å². The topological polar surface area (TPSA) is 88.8 Å². The van der Waals surface area contributed by atoms with E-state index in [4.69, 9.17) is 14.3 Å². The van der Waals surface area contributed by atoms with Gasteiger partial charge in [-0.3, -0.25) is 0 Å². The summed E-state index contributed by atoms with van der Waals surface area (Å²) in [6.45, 7) is 2.25. The van der Waals surface area contributed by atoms with Crippen molar-refractivity contribution in [3.63, 3.8) is 0 Å². The molecule has 1 atom stereocenters. The van der Waals surface area contributed by atoms with E-state index in [1.165, 1.54) is 6.07 Å². The summed E-state index contributed by atoms with van der Waals surface area (Å²) in [5, 5.41) is 8.88. The van der Waals surface area contributed by atoms with Gasteiger partial charge in [0.2, 0.25) is 10.0 Å². The van der Waals surface area contributed by atoms with Gasteiger partial charge in [0.25, 0.3) is 0 Å². The van der Waals surface area contributed by atoms with Crippen molar-refractivity contribution in [2.75, 3.05) is 20.3 Å². The number of aliphatic hydroxyl groups excluding tert-OH is 1. The first-order valence-electron chi connectivity index (χ1n) is 5.28. The number of ether oxygens (including phenoxy) is 1. The minimum Gasteiger partial charge on any atom is -0.450 e. The Balaban J connectivity index is 2.76. The summed E-state index contributed by atoms with van der Waals surface area (Å²) in [5.74, 6) is 0.250. The Morgan fingerprint density at radius 2 is 2.28 bits per heavy atom. The van der Waals surface area contributed by atoms with Crippen molar-refractivity contribution >= 4 is 26.0 Å². The first kappa shape index (κ1) is 15.6. The lowest BCUT2D eigenvalue weighted by Crippen LogP contribution is -2.30. The van der Waals surface area contributed by atoms with Crippen LogP contribution in [0.4, 0.5) is 0 Å². The Bertz CT molecular complexity index is 484. The van der Waals surface area contributed by atoms with E-state index in [-0.39, 0.29) is 34.4 Å². The predicted molar refractivity (Wildman–Crippen MR) is 68.6 cm³/mol. The van der Waals surface area contributed by atoms with Crippen LogP contribution in [0.3, 0.4) is 0 Å². The van der Waals surface area contributed by atoms with Gasteiger partial charge >= 0.3 is 0 Å². The highest BCUT2D eigenvalue weighted by Crippen LogP contribution is 2.26. The average Bonchev–Trinajstić information content (AvgIpc) is 2.69. The molecule has 0 radical (unpaired) electrons. The molecule has 0 aliphatic carbocycles. The van der Waals surface area contributed by atoms with Crippen LogP contribution in [0.2, 0.25) is 0 Å². The number of rotatable bonds is 7. The molecule has 0 spiro atoms. The third kappa shape index (κ3) is 4.06. The quantitative estimate of drug-likeness (QED) is 0.775. The standard InChI is InChI=1S/C10H16BrNO5S/c1-7(6-16-2)4-12-18(14,15)9-3-8(5-13)17-10(9)11/h3,7,12-13H,4-6H2,1-2H3. The maximum Gasteiger partial charge on any atom is 0.244 e. The third-order valence-corrected chi connectivity index (χ3v) is 4.51. The lowest BCUT2D eigenvalue weighted by atomic mass is 10.2. The second kappa shape index (κ2) is 6.67. The summed E-state index contributed by atoms with van der Waals surface area (Å²) in [6, 6.07) is 1.29. The van der Waals surface area contributed by atoms with Gasteiger partial charge in [-0.25, -0.2) is 13.1 Å². The number of sulfonamides is 1. The molecule has 6 nitrogen and oxygen atoms in total. The van der Waals surface area contributed by atoms with Gasteiger partial charge < -0.3 is 14.3 Å². The molecular weight excluding hydrogens is 326 g/mol. The molecule has 0 aliphatic heterocycles. The molecular formula is C10H16BrNO5S. The number of nitrogens with one attached hydrogen (secondary N) is 1. The number of hydrogen-bond donors (Lipinski definition) is 2. The fourth-order valence-electron chi connectivity index (χ4n) is 1.33. The molecule has 8 heteroatoms. The van der Waals surface area contributed by atoms with Gasteiger partial charge in [0.05, 0.1) is 0 Å². The Hall–Kier alpha value is -0.410. The van der Waals surface area contributed by atoms with Gasteiger partial charge in [0, 0.05) is 26.3 Å². The lowest BCUT2D eigenvalue weighted by molar-refractivity contribution is 0.161. The second-order valence-corrected chi connectivity index (χ2v) is 6.38. The predicted octanol–water partition coefficient (Wildman–Crippen LogP) is 1.10. The Morgan fingerprint density at radius 1 is 1.61 bits per heavy atom. The summed E-state index contributed by atoms with van der Waals surface area (Å²) in [6.07, 6.45) is 0. The molecule has 1 aromatic rings. The van der Waals surface area contributed by atoms with Crippen LogP contribution < -0.4 is 4.72 Å². The van der Waals surface area contributed by atoms with Crippen molar-refractivity contribution < 1.29 is 22.7 Å². The third-order valence-electron chi connectivity index (χ3n) is 2.22. The van der Waals surface area contributed by atoms with Crippen LogP contribution in [0.5, 0.6) is 0 Å². The number of halogens is 1. The van der Waals surface area contributed by atoms with Crippen LogP contribution in [0.25, 0.3) is 0 Å². The highest BCUT2D eigenvalue weighted by atomic mass is 79.9. The van der Waals surface area contributed by atoms with Gasteiger partial charge in [-0.2, -0.15) is 0 Å². The molecule has 1 heterocycles. The number of hydrogen-bond acceptors (Lipinski definition) is 5. The largest absolute Gasteiger partial charge is 0.450 e. The molecule has 1 aromatic heterocycles. The maximum atomic E-state index is 12.0. The fourth-order valence-corrected chi connectivity index (χ4v) is 3.49. The van der Waals surface area contributed by atoms with E-state index in [9.17, 15) is 8.42 Å². The minimum absolute atomic E-state index is 0.0174. The van der Waals surface area contributed by atoms with Crippen LogP contribution in [0.15, 0.2) is 20.0 Å². The molecule has 0 saturated heterocycles. The zero-order valence-corrected chi connectivity index (χ0v) is 12.5. The lowest BCUT2D eigenvalue weighted by Gasteiger charge is -2.11. The van der Waals surface area contributed by atoms with Gasteiger partial charge in [-0.05, 0) is 21.8 Å². The first-order valence-corrected chi connectivity index (χ1v) is 7.56. The van der Waals surface area contributed by atoms with E-state index in [1.54, 1.807) is 7.11 Å². The van der Waals surface area contributed by atoms with Gasteiger partial charge in [-0.1, -0.05) is 6.92 Å². The Kier molecular flexibility index (Phi) is 5.80. The van der Waals surface area contributed by atoms with E-state index < -0.39 is 10.0 Å². The van der Waals surface area contributed by atoms with E-state index in [1.807, 2.05) is 6.92 Å². The molecule has 0 bridgehead atoms. The van der Waals surface area contributed by atoms with E-state index in [2.05, 4.69) is 20.7 Å². The SMILES string of the molecule is COCC(C)CNS(=O)(=O)c1cc(CO)oc1Br. The minimum atomic E-state index is -3.65. The summed E-state index contributed by atoms with van der Waals surface area (Å²) >= 11 is 3.01. The van der Waals surface area contributed by atoms with Crippen molar-refractivity contribution in [2.45, 2.75) is 18.4 Å². The van der Waals surface area contributed by atoms with Crippen molar-refractivity contribution in [3.8, 4) is 0 Å². The molecule has 1 unspecified atom stereocenters. The summed E-state index contributed by atoms with van der Waals surface area (Å²) < 4.78 is 36.4. The second-order valence-electron chi connectivity index (χ2n) is 3.92. The van der Waals surface area contributed by atoms with Crippen LogP contribution >= 0.6 is 15.9 Å². The zero-order chi connectivity index (χ0) is 13.8. The van der Waals surface area contributed by atoms with Crippen LogP contribution in [0, 0.1) is 5.92 Å². The molecule has 0 aromatic carbocycles. The van der Waals surface area contributed by atoms with E-state index >= 15 is 0 Å². The van der Waals surface area contributed by atoms with Gasteiger partial charge in [-0.15, -0.1) is 0 Å². The molecule has 18 heavy (non-hydrogen) atoms. The number of methoxy groups -OCH3 is 1.